The van der Waals surface area contributed by atoms with Crippen LogP contribution in [0.5, 0.6) is 0 Å². The highest BCUT2D eigenvalue weighted by molar-refractivity contribution is 5.81. The van der Waals surface area contributed by atoms with E-state index in [1.165, 1.54) is 0 Å². The number of hydrogen-bond acceptors (Lipinski definition) is 7. The largest absolute Gasteiger partial charge is 0.490 e. The monoisotopic (exact) mass is 422 g/mol. The zero-order valence-electron chi connectivity index (χ0n) is 15.5. The first kappa shape index (κ1) is 21.3. The van der Waals surface area contributed by atoms with Gasteiger partial charge in [0.1, 0.15) is 11.9 Å². The third-order valence-corrected chi connectivity index (χ3v) is 4.72. The van der Waals surface area contributed by atoms with E-state index in [2.05, 4.69) is 31.6 Å². The fraction of sp³-hybridized carbons (Fsp3) is 0.389. The van der Waals surface area contributed by atoms with Gasteiger partial charge in [-0.3, -0.25) is 4.79 Å². The molecule has 0 aliphatic carbocycles. The first-order chi connectivity index (χ1) is 14.2. The number of carbonyl (C=O) groups is 2. The second kappa shape index (κ2) is 8.50. The van der Waals surface area contributed by atoms with Crippen molar-refractivity contribution in [3.05, 3.63) is 30.0 Å². The molecule has 2 aliphatic rings. The molecule has 12 heteroatoms. The van der Waals surface area contributed by atoms with Gasteiger partial charge in [0.05, 0.1) is 18.2 Å². The molecular weight excluding hydrogens is 405 g/mol. The quantitative estimate of drug-likeness (QED) is 0.615. The van der Waals surface area contributed by atoms with Crippen LogP contribution in [-0.2, 0) is 9.59 Å². The van der Waals surface area contributed by atoms with Crippen molar-refractivity contribution in [1.29, 1.82) is 5.26 Å². The van der Waals surface area contributed by atoms with Gasteiger partial charge in [-0.1, -0.05) is 0 Å². The van der Waals surface area contributed by atoms with E-state index in [1.807, 2.05) is 18.2 Å². The van der Waals surface area contributed by atoms with Crippen molar-refractivity contribution in [2.75, 3.05) is 24.5 Å². The van der Waals surface area contributed by atoms with Crippen molar-refractivity contribution in [2.45, 2.75) is 24.7 Å². The van der Waals surface area contributed by atoms with E-state index in [1.54, 1.807) is 6.20 Å². The normalized spacial score (nSPS) is 21.0. The number of halogens is 3. The van der Waals surface area contributed by atoms with Gasteiger partial charge in [0, 0.05) is 30.7 Å². The first-order valence-electron chi connectivity index (χ1n) is 8.92. The summed E-state index contributed by atoms with van der Waals surface area (Å²) in [6.07, 6.45) is -2.49. The molecule has 2 saturated heterocycles. The molecule has 2 aliphatic heterocycles. The van der Waals surface area contributed by atoms with Gasteiger partial charge in [-0.2, -0.15) is 18.4 Å². The van der Waals surface area contributed by atoms with Crippen molar-refractivity contribution >= 4 is 28.7 Å². The number of amides is 1. The van der Waals surface area contributed by atoms with Crippen LogP contribution in [0.2, 0.25) is 0 Å². The number of fused-ring (bicyclic) bond motifs is 2. The third kappa shape index (κ3) is 4.74. The molecule has 0 unspecified atom stereocenters. The number of nitriles is 1. The second-order valence-electron chi connectivity index (χ2n) is 6.72. The molecular formula is C18H17F3N6O3. The van der Waals surface area contributed by atoms with Gasteiger partial charge in [0.15, 0.2) is 5.65 Å². The molecule has 4 rings (SSSR count). The standard InChI is InChI=1S/C16H16N6O.C2HF3O2/c17-7-11-6-10-2-1-4-18-15(10)21-16(11)22-5-3-12-13(9-22)20-14(23)8-19-12;3-2(4,5)1(6)7/h1-2,4,6,12-13,19H,3,5,8-9H2,(H,20,23);(H,6,7)/t12-,13+;/m1./s1. The Hall–Kier alpha value is -3.46. The smallest absolute Gasteiger partial charge is 0.475 e. The topological polar surface area (TPSA) is 131 Å². The van der Waals surface area contributed by atoms with E-state index in [0.29, 0.717) is 30.1 Å². The van der Waals surface area contributed by atoms with Crippen LogP contribution in [0.25, 0.3) is 11.0 Å². The van der Waals surface area contributed by atoms with Crippen LogP contribution < -0.4 is 15.5 Å². The van der Waals surface area contributed by atoms with Crippen LogP contribution in [0.4, 0.5) is 19.0 Å². The second-order valence-corrected chi connectivity index (χ2v) is 6.72. The minimum atomic E-state index is -5.08. The maximum absolute atomic E-state index is 11.6. The molecule has 2 atom stereocenters. The van der Waals surface area contributed by atoms with Crippen molar-refractivity contribution in [3.8, 4) is 6.07 Å². The number of rotatable bonds is 1. The zero-order chi connectivity index (χ0) is 21.9. The highest BCUT2D eigenvalue weighted by Gasteiger charge is 2.38. The summed E-state index contributed by atoms with van der Waals surface area (Å²) in [4.78, 5) is 31.4. The SMILES string of the molecule is N#Cc1cc2cccnc2nc1N1CC[C@H]2NCC(=O)N[C@H]2C1.O=C(O)C(F)(F)F. The molecule has 30 heavy (non-hydrogen) atoms. The lowest BCUT2D eigenvalue weighted by atomic mass is 9.96. The summed E-state index contributed by atoms with van der Waals surface area (Å²) in [7, 11) is 0. The summed E-state index contributed by atoms with van der Waals surface area (Å²) < 4.78 is 31.7. The van der Waals surface area contributed by atoms with Gasteiger partial charge < -0.3 is 20.6 Å². The van der Waals surface area contributed by atoms with Gasteiger partial charge >= 0.3 is 12.1 Å². The predicted molar refractivity (Wildman–Crippen MR) is 98.5 cm³/mol. The number of aliphatic carboxylic acids is 1. The number of pyridine rings is 2. The average molecular weight is 422 g/mol. The van der Waals surface area contributed by atoms with Crippen LogP contribution in [0.15, 0.2) is 24.4 Å². The van der Waals surface area contributed by atoms with Gasteiger partial charge in [-0.05, 0) is 24.6 Å². The number of carboxylic acid groups (broad SMARTS) is 1. The summed E-state index contributed by atoms with van der Waals surface area (Å²) in [6, 6.07) is 8.12. The van der Waals surface area contributed by atoms with Crippen molar-refractivity contribution in [2.24, 2.45) is 0 Å². The lowest BCUT2D eigenvalue weighted by Crippen LogP contribution is -2.65. The van der Waals surface area contributed by atoms with E-state index in [-0.39, 0.29) is 18.0 Å². The van der Waals surface area contributed by atoms with Crippen molar-refractivity contribution in [3.63, 3.8) is 0 Å². The molecule has 158 valence electrons. The number of hydrogen-bond donors (Lipinski definition) is 3. The van der Waals surface area contributed by atoms with Gasteiger partial charge in [-0.15, -0.1) is 0 Å². The summed E-state index contributed by atoms with van der Waals surface area (Å²) >= 11 is 0. The minimum absolute atomic E-state index is 0.0155. The molecule has 9 nitrogen and oxygen atoms in total. The number of alkyl halides is 3. The molecule has 2 fully saturated rings. The predicted octanol–water partition coefficient (Wildman–Crippen LogP) is 0.801. The first-order valence-corrected chi connectivity index (χ1v) is 8.92. The van der Waals surface area contributed by atoms with Crippen molar-refractivity contribution < 1.29 is 27.9 Å². The fourth-order valence-corrected chi connectivity index (χ4v) is 3.34. The van der Waals surface area contributed by atoms with Crippen LogP contribution in [0.1, 0.15) is 12.0 Å². The fourth-order valence-electron chi connectivity index (χ4n) is 3.34. The Labute approximate surface area is 168 Å². The molecule has 2 aromatic heterocycles. The highest BCUT2D eigenvalue weighted by atomic mass is 19.4. The summed E-state index contributed by atoms with van der Waals surface area (Å²) in [5, 5.41) is 23.7. The maximum atomic E-state index is 11.6. The maximum Gasteiger partial charge on any atom is 0.490 e. The lowest BCUT2D eigenvalue weighted by molar-refractivity contribution is -0.192. The number of piperidine rings is 1. The Bertz CT molecular complexity index is 1010. The number of aromatic nitrogens is 2. The van der Waals surface area contributed by atoms with E-state index in [9.17, 15) is 23.2 Å². The van der Waals surface area contributed by atoms with Gasteiger partial charge in [0.25, 0.3) is 0 Å². The number of nitrogens with zero attached hydrogens (tertiary/aromatic N) is 4. The third-order valence-electron chi connectivity index (χ3n) is 4.72. The van der Waals surface area contributed by atoms with Crippen LogP contribution >= 0.6 is 0 Å². The number of carboxylic acids is 1. The molecule has 1 amide bonds. The van der Waals surface area contributed by atoms with E-state index < -0.39 is 12.1 Å². The van der Waals surface area contributed by atoms with Crippen molar-refractivity contribution in [1.82, 2.24) is 20.6 Å². The van der Waals surface area contributed by atoms with E-state index in [0.717, 1.165) is 18.4 Å². The Morgan fingerprint density at radius 1 is 1.37 bits per heavy atom. The van der Waals surface area contributed by atoms with Crippen LogP contribution in [0, 0.1) is 11.3 Å². The van der Waals surface area contributed by atoms with Gasteiger partial charge in [0.2, 0.25) is 5.91 Å². The Morgan fingerprint density at radius 2 is 2.10 bits per heavy atom. The summed E-state index contributed by atoms with van der Waals surface area (Å²) in [6.45, 7) is 1.82. The Morgan fingerprint density at radius 3 is 2.77 bits per heavy atom. The average Bonchev–Trinajstić information content (AvgIpc) is 2.72. The highest BCUT2D eigenvalue weighted by Crippen LogP contribution is 2.25. The number of carbonyl (C=O) groups excluding carboxylic acids is 1. The Kier molecular flexibility index (Phi) is 6.02. The Balaban J connectivity index is 0.000000318. The lowest BCUT2D eigenvalue weighted by Gasteiger charge is -2.42. The number of nitrogens with one attached hydrogen (secondary N) is 2. The molecule has 0 radical (unpaired) electrons. The molecule has 2 aromatic rings. The molecule has 4 heterocycles. The summed E-state index contributed by atoms with van der Waals surface area (Å²) in [5.74, 6) is -2.09. The zero-order valence-corrected chi connectivity index (χ0v) is 15.5. The van der Waals surface area contributed by atoms with Crippen LogP contribution in [-0.4, -0.2) is 64.8 Å². The van der Waals surface area contributed by atoms with E-state index >= 15 is 0 Å². The van der Waals surface area contributed by atoms with E-state index in [4.69, 9.17) is 9.90 Å². The summed E-state index contributed by atoms with van der Waals surface area (Å²) in [5.41, 5.74) is 1.17. The van der Waals surface area contributed by atoms with Crippen LogP contribution in [0.3, 0.4) is 0 Å². The van der Waals surface area contributed by atoms with Gasteiger partial charge in [-0.25, -0.2) is 14.8 Å². The molecule has 0 spiro atoms. The molecule has 3 N–H and O–H groups in total. The molecule has 0 saturated carbocycles. The number of piperazine rings is 1. The number of anilines is 1. The molecule has 0 bridgehead atoms. The minimum Gasteiger partial charge on any atom is -0.475 e. The molecule has 0 aromatic carbocycles.